The Bertz CT molecular complexity index is 449. The van der Waals surface area contributed by atoms with Crippen molar-refractivity contribution in [1.29, 1.82) is 0 Å². The van der Waals surface area contributed by atoms with E-state index >= 15 is 0 Å². The summed E-state index contributed by atoms with van der Waals surface area (Å²) in [5.41, 5.74) is 8.00. The minimum absolute atomic E-state index is 0.0314. The van der Waals surface area contributed by atoms with Crippen LogP contribution in [0.15, 0.2) is 24.3 Å². The van der Waals surface area contributed by atoms with Gasteiger partial charge in [-0.05, 0) is 24.0 Å². The van der Waals surface area contributed by atoms with E-state index in [0.717, 1.165) is 17.8 Å². The lowest BCUT2D eigenvalue weighted by atomic mass is 9.87. The van der Waals surface area contributed by atoms with Crippen LogP contribution in [-0.2, 0) is 4.79 Å². The largest absolute Gasteiger partial charge is 0.376 e. The number of nitrogens with one attached hydrogen (secondary N) is 1. The van der Waals surface area contributed by atoms with E-state index in [0.29, 0.717) is 6.42 Å². The van der Waals surface area contributed by atoms with E-state index in [1.807, 2.05) is 43.3 Å². The van der Waals surface area contributed by atoms with Crippen molar-refractivity contribution in [2.24, 2.45) is 11.1 Å². The minimum Gasteiger partial charge on any atom is -0.376 e. The van der Waals surface area contributed by atoms with Crippen molar-refractivity contribution in [2.45, 2.75) is 39.7 Å². The predicted octanol–water partition coefficient (Wildman–Crippen LogP) is 2.84. The molecule has 0 heterocycles. The molecular formula is C16H27N3O. The van der Waals surface area contributed by atoms with E-state index in [4.69, 9.17) is 5.73 Å². The molecule has 0 radical (unpaired) electrons. The molecule has 0 bridgehead atoms. The van der Waals surface area contributed by atoms with E-state index < -0.39 is 0 Å². The molecule has 112 valence electrons. The van der Waals surface area contributed by atoms with E-state index in [2.05, 4.69) is 26.1 Å². The lowest BCUT2D eigenvalue weighted by molar-refractivity contribution is -0.116. The van der Waals surface area contributed by atoms with Gasteiger partial charge in [0.25, 0.3) is 0 Å². The summed E-state index contributed by atoms with van der Waals surface area (Å²) in [6, 6.07) is 7.64. The van der Waals surface area contributed by atoms with Gasteiger partial charge in [-0.1, -0.05) is 32.9 Å². The quantitative estimate of drug-likeness (QED) is 0.870. The van der Waals surface area contributed by atoms with E-state index in [9.17, 15) is 4.79 Å². The lowest BCUT2D eigenvalue weighted by Crippen LogP contribution is -2.31. The number of benzene rings is 1. The predicted molar refractivity (Wildman–Crippen MR) is 86.1 cm³/mol. The molecule has 1 atom stereocenters. The summed E-state index contributed by atoms with van der Waals surface area (Å²) in [4.78, 5) is 14.1. The van der Waals surface area contributed by atoms with E-state index in [-0.39, 0.29) is 17.4 Å². The normalized spacial score (nSPS) is 12.9. The minimum atomic E-state index is -0.110. The number of hydrogen-bond acceptors (Lipinski definition) is 3. The van der Waals surface area contributed by atoms with Gasteiger partial charge in [0.15, 0.2) is 0 Å². The van der Waals surface area contributed by atoms with Crippen LogP contribution in [-0.4, -0.2) is 26.0 Å². The molecule has 0 aliphatic rings. The Morgan fingerprint density at radius 1 is 1.30 bits per heavy atom. The van der Waals surface area contributed by atoms with Gasteiger partial charge in [0.2, 0.25) is 5.91 Å². The van der Waals surface area contributed by atoms with Gasteiger partial charge in [0, 0.05) is 26.6 Å². The zero-order valence-corrected chi connectivity index (χ0v) is 13.2. The molecule has 0 aliphatic carbocycles. The third-order valence-electron chi connectivity index (χ3n) is 2.98. The number of carbonyl (C=O) groups is 1. The molecule has 1 unspecified atom stereocenters. The fourth-order valence-corrected chi connectivity index (χ4v) is 2.27. The molecule has 0 saturated heterocycles. The number of anilines is 2. The molecule has 4 heteroatoms. The lowest BCUT2D eigenvalue weighted by Gasteiger charge is -2.23. The Morgan fingerprint density at radius 3 is 2.45 bits per heavy atom. The average molecular weight is 277 g/mol. The van der Waals surface area contributed by atoms with Crippen molar-refractivity contribution in [3.8, 4) is 0 Å². The smallest absolute Gasteiger partial charge is 0.225 e. The molecular weight excluding hydrogens is 250 g/mol. The summed E-state index contributed by atoms with van der Waals surface area (Å²) in [5, 5.41) is 2.95. The molecule has 4 nitrogen and oxygen atoms in total. The van der Waals surface area contributed by atoms with Crippen LogP contribution in [0.3, 0.4) is 0 Å². The highest BCUT2D eigenvalue weighted by atomic mass is 16.1. The summed E-state index contributed by atoms with van der Waals surface area (Å²) in [5.74, 6) is -0.0314. The maximum atomic E-state index is 12.1. The third-order valence-corrected chi connectivity index (χ3v) is 2.98. The molecule has 1 aromatic rings. The van der Waals surface area contributed by atoms with Crippen molar-refractivity contribution < 1.29 is 4.79 Å². The number of carbonyl (C=O) groups excluding carboxylic acids is 1. The molecule has 1 aromatic carbocycles. The molecule has 0 aromatic heterocycles. The maximum absolute atomic E-state index is 12.1. The highest BCUT2D eigenvalue weighted by molar-refractivity contribution is 5.94. The molecule has 20 heavy (non-hydrogen) atoms. The Morgan fingerprint density at radius 2 is 1.90 bits per heavy atom. The number of para-hydroxylation sites is 2. The number of nitrogens with zero attached hydrogens (tertiary/aromatic N) is 1. The third kappa shape index (κ3) is 5.61. The van der Waals surface area contributed by atoms with Crippen LogP contribution in [0.4, 0.5) is 11.4 Å². The topological polar surface area (TPSA) is 58.4 Å². The van der Waals surface area contributed by atoms with Crippen molar-refractivity contribution >= 4 is 17.3 Å². The van der Waals surface area contributed by atoms with Gasteiger partial charge in [0.1, 0.15) is 0 Å². The van der Waals surface area contributed by atoms with Crippen molar-refractivity contribution in [1.82, 2.24) is 0 Å². The Kier molecular flexibility index (Phi) is 5.57. The molecule has 3 N–H and O–H groups in total. The molecule has 1 rings (SSSR count). The van der Waals surface area contributed by atoms with E-state index in [1.54, 1.807) is 0 Å². The van der Waals surface area contributed by atoms with Gasteiger partial charge in [-0.25, -0.2) is 0 Å². The summed E-state index contributed by atoms with van der Waals surface area (Å²) < 4.78 is 0. The van der Waals surface area contributed by atoms with Crippen LogP contribution >= 0.6 is 0 Å². The average Bonchev–Trinajstić information content (AvgIpc) is 2.26. The van der Waals surface area contributed by atoms with Crippen molar-refractivity contribution in [2.75, 3.05) is 24.3 Å². The van der Waals surface area contributed by atoms with Gasteiger partial charge in [-0.3, -0.25) is 4.79 Å². The fourth-order valence-electron chi connectivity index (χ4n) is 2.27. The first-order valence-corrected chi connectivity index (χ1v) is 7.01. The second-order valence-electron chi connectivity index (χ2n) is 6.69. The van der Waals surface area contributed by atoms with Gasteiger partial charge >= 0.3 is 0 Å². The zero-order valence-electron chi connectivity index (χ0n) is 13.2. The first kappa shape index (κ1) is 16.5. The summed E-state index contributed by atoms with van der Waals surface area (Å²) in [6.07, 6.45) is 1.18. The van der Waals surface area contributed by atoms with E-state index in [1.165, 1.54) is 0 Å². The van der Waals surface area contributed by atoms with Crippen LogP contribution in [0.25, 0.3) is 0 Å². The maximum Gasteiger partial charge on any atom is 0.225 e. The van der Waals surface area contributed by atoms with Crippen LogP contribution in [0, 0.1) is 5.41 Å². The van der Waals surface area contributed by atoms with Crippen LogP contribution in [0.2, 0.25) is 0 Å². The Balaban J connectivity index is 2.63. The molecule has 0 saturated carbocycles. The monoisotopic (exact) mass is 277 g/mol. The highest BCUT2D eigenvalue weighted by Gasteiger charge is 2.18. The Labute approximate surface area is 122 Å². The van der Waals surface area contributed by atoms with Crippen molar-refractivity contribution in [3.05, 3.63) is 24.3 Å². The number of rotatable bonds is 5. The van der Waals surface area contributed by atoms with Crippen LogP contribution in [0.1, 0.15) is 33.6 Å². The molecule has 0 spiro atoms. The first-order chi connectivity index (χ1) is 9.19. The van der Waals surface area contributed by atoms with Gasteiger partial charge in [-0.2, -0.15) is 0 Å². The van der Waals surface area contributed by atoms with Gasteiger partial charge in [0.05, 0.1) is 11.4 Å². The summed E-state index contributed by atoms with van der Waals surface area (Å²) in [7, 11) is 3.91. The highest BCUT2D eigenvalue weighted by Crippen LogP contribution is 2.24. The molecule has 0 aliphatic heterocycles. The standard InChI is InChI=1S/C16H27N3O/c1-16(2,3)11-12(17)10-15(20)18-13-8-6-7-9-14(13)19(4)5/h6-9,12H,10-11,17H2,1-5H3,(H,18,20). The van der Waals surface area contributed by atoms with Crippen LogP contribution in [0.5, 0.6) is 0 Å². The molecule has 1 amide bonds. The number of hydrogen-bond donors (Lipinski definition) is 2. The summed E-state index contributed by atoms with van der Waals surface area (Å²) in [6.45, 7) is 6.39. The van der Waals surface area contributed by atoms with Crippen molar-refractivity contribution in [3.63, 3.8) is 0 Å². The SMILES string of the molecule is CN(C)c1ccccc1NC(=O)CC(N)CC(C)(C)C. The van der Waals surface area contributed by atoms with Gasteiger partial charge in [-0.15, -0.1) is 0 Å². The summed E-state index contributed by atoms with van der Waals surface area (Å²) >= 11 is 0. The molecule has 0 fully saturated rings. The zero-order chi connectivity index (χ0) is 15.3. The second kappa shape index (κ2) is 6.75. The Hall–Kier alpha value is -1.55. The van der Waals surface area contributed by atoms with Gasteiger partial charge < -0.3 is 16.0 Å². The number of amides is 1. The first-order valence-electron chi connectivity index (χ1n) is 7.01. The second-order valence-corrected chi connectivity index (χ2v) is 6.69. The van der Waals surface area contributed by atoms with Crippen LogP contribution < -0.4 is 16.0 Å². The number of nitrogens with two attached hydrogens (primary N) is 1. The fraction of sp³-hybridized carbons (Fsp3) is 0.562.